The van der Waals surface area contributed by atoms with Crippen molar-refractivity contribution in [3.63, 3.8) is 0 Å². The first-order valence-electron chi connectivity index (χ1n) is 14.2. The Labute approximate surface area is 230 Å². The van der Waals surface area contributed by atoms with Gasteiger partial charge in [0.1, 0.15) is 0 Å². The van der Waals surface area contributed by atoms with Crippen LogP contribution in [0.1, 0.15) is 94.9 Å². The van der Waals surface area contributed by atoms with Crippen LogP contribution in [0.2, 0.25) is 0 Å². The highest BCUT2D eigenvalue weighted by atomic mass is 16.3. The maximum absolute atomic E-state index is 9.64. The molecule has 8 nitrogen and oxygen atoms in total. The highest BCUT2D eigenvalue weighted by Gasteiger charge is 2.16. The van der Waals surface area contributed by atoms with Crippen LogP contribution in [0.5, 0.6) is 0 Å². The molecule has 8 heteroatoms. The molecule has 0 aliphatic heterocycles. The lowest BCUT2D eigenvalue weighted by molar-refractivity contribution is 0.0752. The molecule has 3 unspecified atom stereocenters. The average molecular weight is 541 g/mol. The summed E-state index contributed by atoms with van der Waals surface area (Å²) >= 11 is 0. The maximum Gasteiger partial charge on any atom is 0.0669 e. The fourth-order valence-electron chi connectivity index (χ4n) is 4.06. The highest BCUT2D eigenvalue weighted by molar-refractivity contribution is 4.71. The van der Waals surface area contributed by atoms with Crippen LogP contribution in [0.4, 0.5) is 0 Å². The Bertz CT molecular complexity index is 415. The van der Waals surface area contributed by atoms with E-state index in [0.717, 1.165) is 32.1 Å². The molecule has 0 spiro atoms. The van der Waals surface area contributed by atoms with E-state index in [-0.39, 0.29) is 46.1 Å². The standard InChI is InChI=1S/C11H25NO2.C10H23NO3.C7H16O.CH4/c1-4-11(9-10(2)3)12(5-7-13)6-8-14;1-9(2)7-10(14)8-11(3-5-12)4-6-13;1-4-7(8)5-6(2)3;/h10-11,13-14H,4-9H2,1-3H3;9-10,12-14H,3-8H2,1-2H3;6-8H,4-5H2,1-3H3;1H4. The summed E-state index contributed by atoms with van der Waals surface area (Å²) < 4.78 is 0. The fraction of sp³-hybridized carbons (Fsp3) is 1.00. The predicted octanol–water partition coefficient (Wildman–Crippen LogP) is 3.22. The molecular formula is C29H68N2O6. The summed E-state index contributed by atoms with van der Waals surface area (Å²) in [5.41, 5.74) is 0. The molecule has 0 bridgehead atoms. The third-order valence-corrected chi connectivity index (χ3v) is 5.77. The Kier molecular flexibility index (Phi) is 35.7. The van der Waals surface area contributed by atoms with Gasteiger partial charge in [-0.05, 0) is 49.9 Å². The Morgan fingerprint density at radius 1 is 0.541 bits per heavy atom. The first kappa shape index (κ1) is 43.7. The molecule has 37 heavy (non-hydrogen) atoms. The minimum Gasteiger partial charge on any atom is -0.395 e. The van der Waals surface area contributed by atoms with Crippen LogP contribution in [0.25, 0.3) is 0 Å². The molecule has 0 aromatic heterocycles. The summed E-state index contributed by atoms with van der Waals surface area (Å²) in [6.07, 6.45) is 4.36. The largest absolute Gasteiger partial charge is 0.395 e. The molecule has 0 aromatic carbocycles. The van der Waals surface area contributed by atoms with E-state index in [1.807, 2.05) is 11.8 Å². The van der Waals surface area contributed by atoms with Gasteiger partial charge in [-0.1, -0.05) is 62.8 Å². The number of hydrogen-bond acceptors (Lipinski definition) is 8. The van der Waals surface area contributed by atoms with Gasteiger partial charge < -0.3 is 30.6 Å². The van der Waals surface area contributed by atoms with Crippen LogP contribution in [-0.2, 0) is 0 Å². The van der Waals surface area contributed by atoms with E-state index in [1.165, 1.54) is 0 Å². The number of aliphatic hydroxyl groups excluding tert-OH is 6. The molecular weight excluding hydrogens is 472 g/mol. The van der Waals surface area contributed by atoms with Gasteiger partial charge in [0, 0.05) is 38.8 Å². The van der Waals surface area contributed by atoms with E-state index in [2.05, 4.69) is 53.4 Å². The van der Waals surface area contributed by atoms with Crippen LogP contribution >= 0.6 is 0 Å². The van der Waals surface area contributed by atoms with Crippen molar-refractivity contribution in [2.45, 2.75) is 113 Å². The quantitative estimate of drug-likeness (QED) is 0.147. The van der Waals surface area contributed by atoms with Gasteiger partial charge in [0.15, 0.2) is 0 Å². The number of nitrogens with zero attached hydrogens (tertiary/aromatic N) is 2. The fourth-order valence-corrected chi connectivity index (χ4v) is 4.06. The molecule has 3 atom stereocenters. The zero-order valence-electron chi connectivity index (χ0n) is 24.9. The van der Waals surface area contributed by atoms with Gasteiger partial charge in [-0.15, -0.1) is 0 Å². The van der Waals surface area contributed by atoms with Crippen molar-refractivity contribution in [2.75, 3.05) is 59.2 Å². The van der Waals surface area contributed by atoms with E-state index in [9.17, 15) is 5.11 Å². The Balaban J connectivity index is -0.000000226. The lowest BCUT2D eigenvalue weighted by Gasteiger charge is -2.31. The second-order valence-electron chi connectivity index (χ2n) is 10.9. The summed E-state index contributed by atoms with van der Waals surface area (Å²) in [5.74, 6) is 1.76. The van der Waals surface area contributed by atoms with Crippen molar-refractivity contribution in [2.24, 2.45) is 17.8 Å². The summed E-state index contributed by atoms with van der Waals surface area (Å²) in [5, 5.41) is 54.0. The summed E-state index contributed by atoms with van der Waals surface area (Å²) in [4.78, 5) is 4.05. The SMILES string of the molecule is C.CC(C)CC(O)CN(CCO)CCO.CCC(CC(C)C)N(CCO)CCO.CCC(O)CC(C)C. The van der Waals surface area contributed by atoms with Crippen molar-refractivity contribution >= 4 is 0 Å². The van der Waals surface area contributed by atoms with Crippen molar-refractivity contribution in [3.05, 3.63) is 0 Å². The molecule has 0 heterocycles. The molecule has 6 N–H and O–H groups in total. The smallest absolute Gasteiger partial charge is 0.0669 e. The van der Waals surface area contributed by atoms with Crippen molar-refractivity contribution < 1.29 is 30.6 Å². The van der Waals surface area contributed by atoms with Crippen LogP contribution < -0.4 is 0 Å². The molecule has 0 aliphatic rings. The van der Waals surface area contributed by atoms with Crippen LogP contribution in [-0.4, -0.2) is 118 Å². The molecule has 0 saturated carbocycles. The van der Waals surface area contributed by atoms with Gasteiger partial charge >= 0.3 is 0 Å². The van der Waals surface area contributed by atoms with Crippen molar-refractivity contribution in [3.8, 4) is 0 Å². The first-order chi connectivity index (χ1) is 16.9. The molecule has 0 rings (SSSR count). The number of rotatable bonds is 19. The minimum absolute atomic E-state index is 0. The normalized spacial score (nSPS) is 13.7. The third kappa shape index (κ3) is 31.8. The monoisotopic (exact) mass is 541 g/mol. The minimum atomic E-state index is -0.368. The van der Waals surface area contributed by atoms with E-state index < -0.39 is 0 Å². The van der Waals surface area contributed by atoms with Crippen molar-refractivity contribution in [1.82, 2.24) is 9.80 Å². The molecule has 0 fully saturated rings. The second kappa shape index (κ2) is 30.2. The van der Waals surface area contributed by atoms with Gasteiger partial charge in [-0.25, -0.2) is 0 Å². The van der Waals surface area contributed by atoms with Gasteiger partial charge in [-0.2, -0.15) is 0 Å². The Morgan fingerprint density at radius 3 is 1.19 bits per heavy atom. The van der Waals surface area contributed by atoms with Gasteiger partial charge in [0.25, 0.3) is 0 Å². The third-order valence-electron chi connectivity index (χ3n) is 5.77. The average Bonchev–Trinajstić information content (AvgIpc) is 2.77. The predicted molar refractivity (Wildman–Crippen MR) is 158 cm³/mol. The topological polar surface area (TPSA) is 128 Å². The zero-order chi connectivity index (χ0) is 28.5. The Morgan fingerprint density at radius 2 is 0.919 bits per heavy atom. The summed E-state index contributed by atoms with van der Waals surface area (Å²) in [7, 11) is 0. The van der Waals surface area contributed by atoms with Crippen LogP contribution in [0.15, 0.2) is 0 Å². The zero-order valence-corrected chi connectivity index (χ0v) is 24.9. The van der Waals surface area contributed by atoms with Gasteiger partial charge in [0.05, 0.1) is 38.6 Å². The first-order valence-corrected chi connectivity index (χ1v) is 14.2. The lowest BCUT2D eigenvalue weighted by Crippen LogP contribution is -2.39. The van der Waals surface area contributed by atoms with Crippen LogP contribution in [0.3, 0.4) is 0 Å². The molecule has 0 radical (unpaired) electrons. The van der Waals surface area contributed by atoms with E-state index in [0.29, 0.717) is 56.5 Å². The Hall–Kier alpha value is -0.320. The van der Waals surface area contributed by atoms with Gasteiger partial charge in [0.2, 0.25) is 0 Å². The molecule has 230 valence electrons. The van der Waals surface area contributed by atoms with Gasteiger partial charge in [-0.3, -0.25) is 9.80 Å². The van der Waals surface area contributed by atoms with E-state index in [1.54, 1.807) is 0 Å². The highest BCUT2D eigenvalue weighted by Crippen LogP contribution is 2.14. The number of hydrogen-bond donors (Lipinski definition) is 6. The summed E-state index contributed by atoms with van der Waals surface area (Å²) in [6, 6.07) is 0.495. The van der Waals surface area contributed by atoms with E-state index in [4.69, 9.17) is 25.5 Å². The molecule has 0 saturated heterocycles. The number of aliphatic hydroxyl groups is 6. The van der Waals surface area contributed by atoms with Crippen LogP contribution in [0, 0.1) is 17.8 Å². The van der Waals surface area contributed by atoms with E-state index >= 15 is 0 Å². The molecule has 0 aromatic rings. The summed E-state index contributed by atoms with van der Waals surface area (Å²) in [6.45, 7) is 20.3. The second-order valence-corrected chi connectivity index (χ2v) is 10.9. The molecule has 0 amide bonds. The lowest BCUT2D eigenvalue weighted by atomic mass is 10.0. The molecule has 0 aliphatic carbocycles. The maximum atomic E-state index is 9.64. The van der Waals surface area contributed by atoms with Crippen molar-refractivity contribution in [1.29, 1.82) is 0 Å².